The predicted octanol–water partition coefficient (Wildman–Crippen LogP) is 2.18. The standard InChI is InChI=1S/C23H26N4O6S2/c1-14(2)20(26-21(29)19-12-15-6-3-4-8-18(15)33-19)22(30)25-16-7-5-10-27(13-17(16)28)35(31,32)23-24-9-11-34-23/h3-4,6,8-9,11-12,14,16,20H,5,7,10,13H2,1-2H3,(H,25,30)(H,26,29). The zero-order valence-corrected chi connectivity index (χ0v) is 20.9. The average Bonchev–Trinajstić information content (AvgIpc) is 3.47. The minimum Gasteiger partial charge on any atom is -0.451 e. The second kappa shape index (κ2) is 10.3. The monoisotopic (exact) mass is 518 g/mol. The van der Waals surface area contributed by atoms with E-state index in [1.54, 1.807) is 37.4 Å². The van der Waals surface area contributed by atoms with Crippen LogP contribution >= 0.6 is 11.3 Å². The maximum absolute atomic E-state index is 13.1. The average molecular weight is 519 g/mol. The molecule has 12 heteroatoms. The molecule has 2 aromatic heterocycles. The van der Waals surface area contributed by atoms with Crippen molar-refractivity contribution in [2.24, 2.45) is 5.92 Å². The first-order chi connectivity index (χ1) is 16.7. The van der Waals surface area contributed by atoms with Gasteiger partial charge in [-0.3, -0.25) is 14.4 Å². The molecule has 1 fully saturated rings. The molecule has 2 N–H and O–H groups in total. The number of benzene rings is 1. The van der Waals surface area contributed by atoms with Gasteiger partial charge in [-0.05, 0) is 30.9 Å². The van der Waals surface area contributed by atoms with Gasteiger partial charge >= 0.3 is 0 Å². The Labute approximate surface area is 206 Å². The van der Waals surface area contributed by atoms with Gasteiger partial charge in [-0.2, -0.15) is 4.31 Å². The Morgan fingerprint density at radius 1 is 1.26 bits per heavy atom. The van der Waals surface area contributed by atoms with E-state index in [1.807, 2.05) is 12.1 Å². The van der Waals surface area contributed by atoms with E-state index in [2.05, 4.69) is 15.6 Å². The fourth-order valence-corrected chi connectivity index (χ4v) is 6.32. The maximum atomic E-state index is 13.1. The first-order valence-corrected chi connectivity index (χ1v) is 13.5. The van der Waals surface area contributed by atoms with Crippen molar-refractivity contribution >= 4 is 49.9 Å². The number of sulfonamides is 1. The third-order valence-electron chi connectivity index (χ3n) is 5.79. The number of hydrogen-bond acceptors (Lipinski definition) is 8. The summed E-state index contributed by atoms with van der Waals surface area (Å²) in [6.45, 7) is 3.35. The predicted molar refractivity (Wildman–Crippen MR) is 129 cm³/mol. The summed E-state index contributed by atoms with van der Waals surface area (Å²) in [5, 5.41) is 7.73. The lowest BCUT2D eigenvalue weighted by molar-refractivity contribution is -0.129. The van der Waals surface area contributed by atoms with Crippen LogP contribution in [0.5, 0.6) is 0 Å². The van der Waals surface area contributed by atoms with Crippen molar-refractivity contribution in [2.45, 2.75) is 43.1 Å². The lowest BCUT2D eigenvalue weighted by atomic mass is 10.0. The molecule has 0 radical (unpaired) electrons. The summed E-state index contributed by atoms with van der Waals surface area (Å²) >= 11 is 0.985. The number of thiazole rings is 1. The van der Waals surface area contributed by atoms with Crippen LogP contribution in [0.4, 0.5) is 0 Å². The van der Waals surface area contributed by atoms with Crippen molar-refractivity contribution < 1.29 is 27.2 Å². The largest absolute Gasteiger partial charge is 0.451 e. The quantitative estimate of drug-likeness (QED) is 0.489. The molecule has 0 bridgehead atoms. The zero-order valence-electron chi connectivity index (χ0n) is 19.3. The topological polar surface area (TPSA) is 139 Å². The van der Waals surface area contributed by atoms with Crippen LogP contribution < -0.4 is 10.6 Å². The van der Waals surface area contributed by atoms with Crippen LogP contribution in [0.25, 0.3) is 11.0 Å². The van der Waals surface area contributed by atoms with Gasteiger partial charge in [0.05, 0.1) is 12.6 Å². The number of carbonyl (C=O) groups excluding carboxylic acids is 3. The molecule has 0 aliphatic carbocycles. The minimum absolute atomic E-state index is 0.0686. The number of hydrogen-bond donors (Lipinski definition) is 2. The second-order valence-corrected chi connectivity index (χ2v) is 11.7. The van der Waals surface area contributed by atoms with E-state index in [0.717, 1.165) is 21.0 Å². The summed E-state index contributed by atoms with van der Waals surface area (Å²) in [6, 6.07) is 7.02. The number of nitrogens with one attached hydrogen (secondary N) is 2. The van der Waals surface area contributed by atoms with Crippen LogP contribution in [0, 0.1) is 5.92 Å². The fourth-order valence-electron chi connectivity index (χ4n) is 3.90. The smallest absolute Gasteiger partial charge is 0.287 e. The number of nitrogens with zero attached hydrogens (tertiary/aromatic N) is 2. The summed E-state index contributed by atoms with van der Waals surface area (Å²) in [5.41, 5.74) is 0.560. The van der Waals surface area contributed by atoms with Crippen molar-refractivity contribution in [3.05, 3.63) is 47.7 Å². The van der Waals surface area contributed by atoms with E-state index in [0.29, 0.717) is 12.0 Å². The number of carbonyl (C=O) groups is 3. The molecule has 1 saturated heterocycles. The Morgan fingerprint density at radius 2 is 2.03 bits per heavy atom. The van der Waals surface area contributed by atoms with E-state index in [1.165, 1.54) is 6.20 Å². The molecule has 35 heavy (non-hydrogen) atoms. The molecule has 2 amide bonds. The summed E-state index contributed by atoms with van der Waals surface area (Å²) in [6.07, 6.45) is 2.07. The molecule has 3 aromatic rings. The van der Waals surface area contributed by atoms with Crippen molar-refractivity contribution in [1.29, 1.82) is 0 Å². The number of para-hydroxylation sites is 1. The lowest BCUT2D eigenvalue weighted by Crippen LogP contribution is -2.54. The summed E-state index contributed by atoms with van der Waals surface area (Å²) in [7, 11) is -3.87. The molecule has 10 nitrogen and oxygen atoms in total. The molecular weight excluding hydrogens is 492 g/mol. The van der Waals surface area contributed by atoms with Crippen molar-refractivity contribution in [3.8, 4) is 0 Å². The van der Waals surface area contributed by atoms with Crippen LogP contribution in [0.1, 0.15) is 37.2 Å². The van der Waals surface area contributed by atoms with E-state index in [-0.39, 0.29) is 35.5 Å². The molecule has 2 atom stereocenters. The second-order valence-electron chi connectivity index (χ2n) is 8.65. The van der Waals surface area contributed by atoms with Gasteiger partial charge in [-0.25, -0.2) is 13.4 Å². The highest BCUT2D eigenvalue weighted by Crippen LogP contribution is 2.22. The Kier molecular flexibility index (Phi) is 7.33. The first-order valence-electron chi connectivity index (χ1n) is 11.2. The fraction of sp³-hybridized carbons (Fsp3) is 0.391. The Morgan fingerprint density at radius 3 is 2.71 bits per heavy atom. The molecule has 0 spiro atoms. The summed E-state index contributed by atoms with van der Waals surface area (Å²) in [4.78, 5) is 42.6. The highest BCUT2D eigenvalue weighted by molar-refractivity contribution is 7.91. The van der Waals surface area contributed by atoms with Gasteiger partial charge in [-0.1, -0.05) is 32.0 Å². The number of fused-ring (bicyclic) bond motifs is 1. The van der Waals surface area contributed by atoms with Crippen molar-refractivity contribution in [3.63, 3.8) is 0 Å². The number of rotatable bonds is 7. The summed E-state index contributed by atoms with van der Waals surface area (Å²) < 4.78 is 32.2. The van der Waals surface area contributed by atoms with Crippen molar-refractivity contribution in [2.75, 3.05) is 13.1 Å². The molecular formula is C23H26N4O6S2. The number of ketones is 1. The molecule has 3 heterocycles. The van der Waals surface area contributed by atoms with E-state index < -0.39 is 39.7 Å². The summed E-state index contributed by atoms with van der Waals surface area (Å²) in [5.74, 6) is -1.66. The van der Waals surface area contributed by atoms with E-state index >= 15 is 0 Å². The van der Waals surface area contributed by atoms with Crippen LogP contribution in [-0.4, -0.2) is 60.5 Å². The molecule has 0 saturated carbocycles. The Bertz CT molecular complexity index is 1300. The molecule has 1 aliphatic rings. The molecule has 186 valence electrons. The number of Topliss-reactive ketones (excluding diaryl/α,β-unsaturated/α-hetero) is 1. The zero-order chi connectivity index (χ0) is 25.2. The van der Waals surface area contributed by atoms with Gasteiger partial charge in [0.2, 0.25) is 10.2 Å². The van der Waals surface area contributed by atoms with Crippen LogP contribution in [-0.2, 0) is 19.6 Å². The van der Waals surface area contributed by atoms with Gasteiger partial charge in [0.25, 0.3) is 15.9 Å². The van der Waals surface area contributed by atoms with Gasteiger partial charge in [-0.15, -0.1) is 11.3 Å². The van der Waals surface area contributed by atoms with E-state index in [4.69, 9.17) is 4.42 Å². The maximum Gasteiger partial charge on any atom is 0.287 e. The normalized spacial score (nSPS) is 18.4. The Balaban J connectivity index is 1.42. The highest BCUT2D eigenvalue weighted by Gasteiger charge is 2.35. The van der Waals surface area contributed by atoms with Crippen LogP contribution in [0.15, 0.2) is 50.7 Å². The van der Waals surface area contributed by atoms with Crippen molar-refractivity contribution in [1.82, 2.24) is 19.9 Å². The minimum atomic E-state index is -3.87. The van der Waals surface area contributed by atoms with Gasteiger partial charge in [0, 0.05) is 23.5 Å². The number of furan rings is 1. The number of aromatic nitrogens is 1. The van der Waals surface area contributed by atoms with Crippen LogP contribution in [0.2, 0.25) is 0 Å². The Hall–Kier alpha value is -3.09. The first kappa shape index (κ1) is 25.0. The lowest BCUT2D eigenvalue weighted by Gasteiger charge is -2.24. The third kappa shape index (κ3) is 5.44. The highest BCUT2D eigenvalue weighted by atomic mass is 32.2. The van der Waals surface area contributed by atoms with E-state index in [9.17, 15) is 22.8 Å². The molecule has 1 aliphatic heterocycles. The van der Waals surface area contributed by atoms with Gasteiger partial charge in [0.1, 0.15) is 11.6 Å². The molecule has 4 rings (SSSR count). The van der Waals surface area contributed by atoms with Gasteiger partial charge < -0.3 is 15.1 Å². The third-order valence-corrected chi connectivity index (χ3v) is 8.82. The van der Waals surface area contributed by atoms with Crippen LogP contribution in [0.3, 0.4) is 0 Å². The molecule has 1 aromatic carbocycles. The number of amides is 2. The van der Waals surface area contributed by atoms with Gasteiger partial charge in [0.15, 0.2) is 11.5 Å². The SMILES string of the molecule is CC(C)C(NC(=O)c1cc2ccccc2o1)C(=O)NC1CCCN(S(=O)(=O)c2nccs2)CC1=O. The molecule has 2 unspecified atom stereocenters.